The molecule has 0 aromatic rings. The first-order chi connectivity index (χ1) is 6.90. The molecular weight excluding hydrogens is 196 g/mol. The maximum absolute atomic E-state index is 11.4. The van der Waals surface area contributed by atoms with Crippen molar-refractivity contribution in [2.45, 2.75) is 32.4 Å². The number of hydrogen-bond acceptors (Lipinski definition) is 4. The molecule has 1 amide bonds. The van der Waals surface area contributed by atoms with Crippen molar-refractivity contribution >= 4 is 5.91 Å². The molecule has 5 nitrogen and oxygen atoms in total. The van der Waals surface area contributed by atoms with Crippen molar-refractivity contribution in [1.82, 2.24) is 10.6 Å². The molecule has 0 aromatic heterocycles. The van der Waals surface area contributed by atoms with Crippen molar-refractivity contribution in [3.8, 4) is 0 Å². The summed E-state index contributed by atoms with van der Waals surface area (Å²) >= 11 is 0. The van der Waals surface area contributed by atoms with Gasteiger partial charge in [0, 0.05) is 13.7 Å². The number of rotatable bonds is 7. The van der Waals surface area contributed by atoms with Crippen LogP contribution in [0.1, 0.15) is 20.8 Å². The van der Waals surface area contributed by atoms with Crippen LogP contribution in [0.5, 0.6) is 0 Å². The van der Waals surface area contributed by atoms with E-state index in [9.17, 15) is 9.90 Å². The van der Waals surface area contributed by atoms with Gasteiger partial charge in [-0.1, -0.05) is 0 Å². The molecule has 1 atom stereocenters. The number of carbonyl (C=O) groups excluding carboxylic acids is 1. The molecule has 0 aliphatic heterocycles. The number of aliphatic hydroxyl groups excluding tert-OH is 1. The molecule has 1 unspecified atom stereocenters. The minimum absolute atomic E-state index is 0.128. The summed E-state index contributed by atoms with van der Waals surface area (Å²) in [4.78, 5) is 11.4. The van der Waals surface area contributed by atoms with Crippen LogP contribution in [0.4, 0.5) is 0 Å². The van der Waals surface area contributed by atoms with Crippen LogP contribution in [0.25, 0.3) is 0 Å². The fourth-order valence-electron chi connectivity index (χ4n) is 0.884. The summed E-state index contributed by atoms with van der Waals surface area (Å²) in [6.45, 7) is 6.67. The van der Waals surface area contributed by atoms with Gasteiger partial charge in [0.05, 0.1) is 24.8 Å². The highest BCUT2D eigenvalue weighted by atomic mass is 16.5. The van der Waals surface area contributed by atoms with E-state index < -0.39 is 11.6 Å². The summed E-state index contributed by atoms with van der Waals surface area (Å²) in [5.74, 6) is -0.128. The van der Waals surface area contributed by atoms with Crippen molar-refractivity contribution in [2.75, 3.05) is 26.8 Å². The molecule has 0 fully saturated rings. The Morgan fingerprint density at radius 1 is 1.53 bits per heavy atom. The number of hydrogen-bond donors (Lipinski definition) is 3. The quantitative estimate of drug-likeness (QED) is 0.504. The van der Waals surface area contributed by atoms with Crippen molar-refractivity contribution < 1.29 is 14.6 Å². The van der Waals surface area contributed by atoms with Gasteiger partial charge in [-0.3, -0.25) is 4.79 Å². The van der Waals surface area contributed by atoms with Crippen LogP contribution in [-0.2, 0) is 9.53 Å². The molecule has 0 aliphatic carbocycles. The first-order valence-electron chi connectivity index (χ1n) is 5.09. The van der Waals surface area contributed by atoms with Gasteiger partial charge in [0.25, 0.3) is 0 Å². The second-order valence-corrected chi connectivity index (χ2v) is 4.12. The topological polar surface area (TPSA) is 70.6 Å². The van der Waals surface area contributed by atoms with Crippen molar-refractivity contribution in [2.24, 2.45) is 0 Å². The van der Waals surface area contributed by atoms with E-state index in [0.29, 0.717) is 13.2 Å². The van der Waals surface area contributed by atoms with E-state index in [0.717, 1.165) is 0 Å². The molecule has 0 radical (unpaired) electrons. The van der Waals surface area contributed by atoms with Gasteiger partial charge in [-0.15, -0.1) is 0 Å². The van der Waals surface area contributed by atoms with E-state index in [-0.39, 0.29) is 12.5 Å². The van der Waals surface area contributed by atoms with E-state index in [1.807, 2.05) is 0 Å². The maximum atomic E-state index is 11.4. The van der Waals surface area contributed by atoms with E-state index in [1.165, 1.54) is 0 Å². The van der Waals surface area contributed by atoms with Crippen molar-refractivity contribution in [3.05, 3.63) is 0 Å². The van der Waals surface area contributed by atoms with Gasteiger partial charge < -0.3 is 20.5 Å². The number of aliphatic hydroxyl groups is 1. The lowest BCUT2D eigenvalue weighted by molar-refractivity contribution is -0.123. The maximum Gasteiger partial charge on any atom is 0.234 e. The first kappa shape index (κ1) is 14.3. The predicted molar refractivity (Wildman–Crippen MR) is 58.6 cm³/mol. The molecule has 3 N–H and O–H groups in total. The molecule has 5 heteroatoms. The summed E-state index contributed by atoms with van der Waals surface area (Å²) in [6, 6.07) is 0. The van der Waals surface area contributed by atoms with Crippen LogP contribution >= 0.6 is 0 Å². The third kappa shape index (κ3) is 6.43. The van der Waals surface area contributed by atoms with Crippen LogP contribution < -0.4 is 10.6 Å². The second kappa shape index (κ2) is 6.76. The lowest BCUT2D eigenvalue weighted by Gasteiger charge is -2.29. The Balaban J connectivity index is 3.74. The van der Waals surface area contributed by atoms with Crippen LogP contribution in [0.3, 0.4) is 0 Å². The Labute approximate surface area is 91.2 Å². The van der Waals surface area contributed by atoms with Crippen LogP contribution in [0.2, 0.25) is 0 Å². The van der Waals surface area contributed by atoms with Gasteiger partial charge in [-0.2, -0.15) is 0 Å². The third-order valence-corrected chi connectivity index (χ3v) is 2.27. The molecule has 0 bridgehead atoms. The Kier molecular flexibility index (Phi) is 6.47. The van der Waals surface area contributed by atoms with Gasteiger partial charge in [-0.25, -0.2) is 0 Å². The lowest BCUT2D eigenvalue weighted by Crippen LogP contribution is -2.53. The number of nitrogens with one attached hydrogen (secondary N) is 2. The first-order valence-corrected chi connectivity index (χ1v) is 5.09. The smallest absolute Gasteiger partial charge is 0.234 e. The summed E-state index contributed by atoms with van der Waals surface area (Å²) in [5, 5.41) is 15.1. The number of carbonyl (C=O) groups is 1. The largest absolute Gasteiger partial charge is 0.391 e. The summed E-state index contributed by atoms with van der Waals surface area (Å²) in [5.41, 5.74) is -0.597. The molecule has 0 rings (SSSR count). The van der Waals surface area contributed by atoms with Gasteiger partial charge >= 0.3 is 0 Å². The Morgan fingerprint density at radius 2 is 2.13 bits per heavy atom. The van der Waals surface area contributed by atoms with Crippen molar-refractivity contribution in [1.29, 1.82) is 0 Å². The van der Waals surface area contributed by atoms with Crippen molar-refractivity contribution in [3.63, 3.8) is 0 Å². The van der Waals surface area contributed by atoms with E-state index in [2.05, 4.69) is 10.6 Å². The fourth-order valence-corrected chi connectivity index (χ4v) is 0.884. The minimum atomic E-state index is -0.597. The van der Waals surface area contributed by atoms with E-state index in [4.69, 9.17) is 4.74 Å². The van der Waals surface area contributed by atoms with Gasteiger partial charge in [0.1, 0.15) is 0 Å². The molecule has 0 heterocycles. The average Bonchev–Trinajstić information content (AvgIpc) is 2.11. The molecule has 90 valence electrons. The third-order valence-electron chi connectivity index (χ3n) is 2.27. The van der Waals surface area contributed by atoms with Crippen LogP contribution in [-0.4, -0.2) is 49.5 Å². The molecule has 0 saturated heterocycles. The average molecular weight is 218 g/mol. The molecule has 0 saturated carbocycles. The molecule has 0 spiro atoms. The summed E-state index contributed by atoms with van der Waals surface area (Å²) in [6.07, 6.45) is -0.583. The van der Waals surface area contributed by atoms with E-state index >= 15 is 0 Å². The number of methoxy groups -OCH3 is 1. The fraction of sp³-hybridized carbons (Fsp3) is 0.900. The highest BCUT2D eigenvalue weighted by Gasteiger charge is 2.25. The lowest BCUT2D eigenvalue weighted by atomic mass is 9.99. The van der Waals surface area contributed by atoms with Gasteiger partial charge in [0.2, 0.25) is 5.91 Å². The zero-order valence-corrected chi connectivity index (χ0v) is 9.96. The minimum Gasteiger partial charge on any atom is -0.391 e. The Bertz CT molecular complexity index is 193. The second-order valence-electron chi connectivity index (χ2n) is 4.12. The molecule has 0 aliphatic rings. The zero-order chi connectivity index (χ0) is 11.9. The highest BCUT2D eigenvalue weighted by molar-refractivity contribution is 5.78. The van der Waals surface area contributed by atoms with Crippen LogP contribution in [0.15, 0.2) is 0 Å². The monoisotopic (exact) mass is 218 g/mol. The summed E-state index contributed by atoms with van der Waals surface area (Å²) < 4.78 is 4.83. The summed E-state index contributed by atoms with van der Waals surface area (Å²) in [7, 11) is 1.61. The Hall–Kier alpha value is -0.650. The predicted octanol–water partition coefficient (Wildman–Crippen LogP) is -0.502. The van der Waals surface area contributed by atoms with E-state index in [1.54, 1.807) is 27.9 Å². The van der Waals surface area contributed by atoms with Gasteiger partial charge in [0.15, 0.2) is 0 Å². The number of ether oxygens (including phenoxy) is 1. The highest BCUT2D eigenvalue weighted by Crippen LogP contribution is 2.07. The SMILES string of the molecule is COCCNCC(=O)NC(C)(C)C(C)O. The molecule has 0 aromatic carbocycles. The van der Waals surface area contributed by atoms with Crippen LogP contribution in [0, 0.1) is 0 Å². The molecule has 15 heavy (non-hydrogen) atoms. The number of amides is 1. The zero-order valence-electron chi connectivity index (χ0n) is 9.96. The normalized spacial score (nSPS) is 13.7. The van der Waals surface area contributed by atoms with Gasteiger partial charge in [-0.05, 0) is 20.8 Å². The molecular formula is C10H22N2O3. The Morgan fingerprint density at radius 3 is 2.60 bits per heavy atom. The standard InChI is InChI=1S/C10H22N2O3/c1-8(13)10(2,3)12-9(14)7-11-5-6-15-4/h8,11,13H,5-7H2,1-4H3,(H,12,14).